The van der Waals surface area contributed by atoms with Crippen LogP contribution in [0.1, 0.15) is 18.9 Å². The van der Waals surface area contributed by atoms with Crippen LogP contribution in [0.15, 0.2) is 47.5 Å². The summed E-state index contributed by atoms with van der Waals surface area (Å²) >= 11 is 0. The summed E-state index contributed by atoms with van der Waals surface area (Å²) in [6.45, 7) is 4.81. The Labute approximate surface area is 161 Å². The van der Waals surface area contributed by atoms with Gasteiger partial charge in [-0.05, 0) is 36.8 Å². The highest BCUT2D eigenvalue weighted by Gasteiger charge is 2.11. The number of hydrogen-bond donors (Lipinski definition) is 2. The number of nitrogens with one attached hydrogen (secondary N) is 2. The van der Waals surface area contributed by atoms with Gasteiger partial charge in [-0.2, -0.15) is 0 Å². The van der Waals surface area contributed by atoms with Crippen molar-refractivity contribution in [1.82, 2.24) is 5.32 Å². The van der Waals surface area contributed by atoms with Crippen LogP contribution in [0.2, 0.25) is 0 Å². The Hall–Kier alpha value is -2.89. The van der Waals surface area contributed by atoms with E-state index in [0.717, 1.165) is 41.7 Å². The molecule has 2 aromatic carbocycles. The minimum absolute atomic E-state index is 0.605. The Morgan fingerprint density at radius 2 is 1.78 bits per heavy atom. The minimum Gasteiger partial charge on any atom is -0.490 e. The molecular weight excluding hydrogens is 340 g/mol. The van der Waals surface area contributed by atoms with Gasteiger partial charge in [0.2, 0.25) is 0 Å². The lowest BCUT2D eigenvalue weighted by atomic mass is 10.2. The minimum atomic E-state index is 0.605. The van der Waals surface area contributed by atoms with Crippen LogP contribution in [-0.2, 0) is 6.54 Å². The smallest absolute Gasteiger partial charge is 0.196 e. The van der Waals surface area contributed by atoms with Crippen molar-refractivity contribution < 1.29 is 9.47 Å². The number of aliphatic imine (C=N–C) groups is 1. The van der Waals surface area contributed by atoms with Crippen LogP contribution in [0, 0.1) is 0 Å². The monoisotopic (exact) mass is 368 g/mol. The Bertz CT molecular complexity index is 772. The highest BCUT2D eigenvalue weighted by atomic mass is 16.5. The van der Waals surface area contributed by atoms with Crippen molar-refractivity contribution in [1.29, 1.82) is 0 Å². The second-order valence-corrected chi connectivity index (χ2v) is 6.59. The fraction of sp³-hybridized carbons (Fsp3) is 0.381. The molecular formula is C21H28N4O2. The third kappa shape index (κ3) is 5.29. The summed E-state index contributed by atoms with van der Waals surface area (Å²) in [5.41, 5.74) is 3.26. The molecule has 0 aliphatic carbocycles. The zero-order valence-electron chi connectivity index (χ0n) is 16.3. The number of hydrogen-bond acceptors (Lipinski definition) is 4. The van der Waals surface area contributed by atoms with Crippen LogP contribution in [0.4, 0.5) is 11.4 Å². The molecule has 0 amide bonds. The number of ether oxygens (including phenoxy) is 2. The summed E-state index contributed by atoms with van der Waals surface area (Å²) < 4.78 is 11.4. The van der Waals surface area contributed by atoms with Crippen LogP contribution < -0.4 is 25.0 Å². The molecule has 0 radical (unpaired) electrons. The van der Waals surface area contributed by atoms with Crippen LogP contribution in [0.25, 0.3) is 0 Å². The lowest BCUT2D eigenvalue weighted by Gasteiger charge is -2.14. The summed E-state index contributed by atoms with van der Waals surface area (Å²) in [4.78, 5) is 6.78. The average molecular weight is 368 g/mol. The number of fused-ring (bicyclic) bond motifs is 1. The van der Waals surface area contributed by atoms with Crippen molar-refractivity contribution in [2.45, 2.75) is 19.9 Å². The van der Waals surface area contributed by atoms with E-state index in [1.807, 2.05) is 32.3 Å². The van der Waals surface area contributed by atoms with Crippen LogP contribution in [0.3, 0.4) is 0 Å². The molecule has 0 atom stereocenters. The number of guanidine groups is 1. The van der Waals surface area contributed by atoms with Crippen molar-refractivity contribution in [2.24, 2.45) is 4.99 Å². The van der Waals surface area contributed by atoms with E-state index in [9.17, 15) is 0 Å². The molecule has 144 valence electrons. The van der Waals surface area contributed by atoms with E-state index < -0.39 is 0 Å². The maximum atomic E-state index is 5.76. The van der Waals surface area contributed by atoms with E-state index in [0.29, 0.717) is 19.8 Å². The molecule has 1 heterocycles. The second kappa shape index (κ2) is 9.16. The van der Waals surface area contributed by atoms with Crippen molar-refractivity contribution in [3.8, 4) is 11.5 Å². The Kier molecular flexibility index (Phi) is 6.41. The Balaban J connectivity index is 1.69. The first-order chi connectivity index (χ1) is 13.2. The molecule has 3 rings (SSSR count). The first kappa shape index (κ1) is 18.9. The predicted octanol–water partition coefficient (Wildman–Crippen LogP) is 3.49. The van der Waals surface area contributed by atoms with Gasteiger partial charge in [-0.3, -0.25) is 0 Å². The molecule has 1 aliphatic rings. The molecule has 0 fully saturated rings. The van der Waals surface area contributed by atoms with Gasteiger partial charge >= 0.3 is 0 Å². The molecule has 0 aromatic heterocycles. The summed E-state index contributed by atoms with van der Waals surface area (Å²) in [5.74, 6) is 2.30. The number of anilines is 2. The Morgan fingerprint density at radius 3 is 2.48 bits per heavy atom. The topological polar surface area (TPSA) is 58.1 Å². The summed E-state index contributed by atoms with van der Waals surface area (Å²) in [6, 6.07) is 14.3. The average Bonchev–Trinajstić information content (AvgIpc) is 2.91. The van der Waals surface area contributed by atoms with Gasteiger partial charge in [0.1, 0.15) is 0 Å². The molecule has 0 spiro atoms. The molecule has 6 heteroatoms. The fourth-order valence-electron chi connectivity index (χ4n) is 2.75. The second-order valence-electron chi connectivity index (χ2n) is 6.59. The summed E-state index contributed by atoms with van der Waals surface area (Å²) in [5, 5.41) is 6.63. The Morgan fingerprint density at radius 1 is 1.04 bits per heavy atom. The molecule has 0 unspecified atom stereocenters. The lowest BCUT2D eigenvalue weighted by molar-refractivity contribution is 0.297. The van der Waals surface area contributed by atoms with E-state index in [-0.39, 0.29) is 0 Å². The van der Waals surface area contributed by atoms with Crippen molar-refractivity contribution in [3.63, 3.8) is 0 Å². The molecule has 0 saturated heterocycles. The zero-order chi connectivity index (χ0) is 19.1. The summed E-state index contributed by atoms with van der Waals surface area (Å²) in [7, 11) is 4.07. The van der Waals surface area contributed by atoms with Gasteiger partial charge in [0, 0.05) is 44.5 Å². The van der Waals surface area contributed by atoms with E-state index in [1.54, 1.807) is 0 Å². The largest absolute Gasteiger partial charge is 0.490 e. The molecule has 2 N–H and O–H groups in total. The van der Waals surface area contributed by atoms with Crippen LogP contribution >= 0.6 is 0 Å². The van der Waals surface area contributed by atoms with Gasteiger partial charge in [0.25, 0.3) is 0 Å². The van der Waals surface area contributed by atoms with Gasteiger partial charge in [-0.1, -0.05) is 12.1 Å². The number of nitrogens with zero attached hydrogens (tertiary/aromatic N) is 2. The maximum Gasteiger partial charge on any atom is 0.196 e. The molecule has 27 heavy (non-hydrogen) atoms. The summed E-state index contributed by atoms with van der Waals surface area (Å²) in [6.07, 6.45) is 0.897. The first-order valence-electron chi connectivity index (χ1n) is 9.37. The third-order valence-electron chi connectivity index (χ3n) is 4.23. The first-order valence-corrected chi connectivity index (χ1v) is 9.37. The van der Waals surface area contributed by atoms with Gasteiger partial charge in [0.15, 0.2) is 17.5 Å². The number of rotatable bonds is 5. The molecule has 1 aliphatic heterocycles. The van der Waals surface area contributed by atoms with E-state index in [2.05, 4.69) is 46.7 Å². The predicted molar refractivity (Wildman–Crippen MR) is 111 cm³/mol. The van der Waals surface area contributed by atoms with Crippen LogP contribution in [0.5, 0.6) is 11.5 Å². The van der Waals surface area contributed by atoms with Crippen molar-refractivity contribution >= 4 is 17.3 Å². The fourth-order valence-corrected chi connectivity index (χ4v) is 2.75. The van der Waals surface area contributed by atoms with Crippen molar-refractivity contribution in [2.75, 3.05) is 44.1 Å². The zero-order valence-corrected chi connectivity index (χ0v) is 16.3. The maximum absolute atomic E-state index is 5.76. The van der Waals surface area contributed by atoms with Crippen LogP contribution in [-0.4, -0.2) is 39.8 Å². The highest BCUT2D eigenvalue weighted by molar-refractivity contribution is 5.93. The molecule has 0 saturated carbocycles. The van der Waals surface area contributed by atoms with E-state index in [1.165, 1.54) is 5.69 Å². The SMILES string of the molecule is CCNC(=NCc1ccc(N(C)C)cc1)Nc1ccc2c(c1)OCCCO2. The third-order valence-corrected chi connectivity index (χ3v) is 4.23. The van der Waals surface area contributed by atoms with E-state index >= 15 is 0 Å². The normalized spacial score (nSPS) is 13.7. The molecule has 0 bridgehead atoms. The van der Waals surface area contributed by atoms with Gasteiger partial charge in [-0.15, -0.1) is 0 Å². The number of benzene rings is 2. The quantitative estimate of drug-likeness (QED) is 0.625. The highest BCUT2D eigenvalue weighted by Crippen LogP contribution is 2.32. The van der Waals surface area contributed by atoms with Crippen molar-refractivity contribution in [3.05, 3.63) is 48.0 Å². The lowest BCUT2D eigenvalue weighted by Crippen LogP contribution is -2.30. The van der Waals surface area contributed by atoms with Gasteiger partial charge in [0.05, 0.1) is 19.8 Å². The van der Waals surface area contributed by atoms with Gasteiger partial charge < -0.3 is 25.0 Å². The molecule has 2 aromatic rings. The van der Waals surface area contributed by atoms with Gasteiger partial charge in [-0.25, -0.2) is 4.99 Å². The molecule has 6 nitrogen and oxygen atoms in total. The van der Waals surface area contributed by atoms with E-state index in [4.69, 9.17) is 14.5 Å². The standard InChI is InChI=1S/C21H28N4O2/c1-4-22-21(23-15-16-6-9-18(10-7-16)25(2)3)24-17-8-11-19-20(14-17)27-13-5-12-26-19/h6-11,14H,4-5,12-13,15H2,1-3H3,(H2,22,23,24).